The minimum atomic E-state index is -4.07. The Morgan fingerprint density at radius 2 is 2.00 bits per heavy atom. The number of amides is 1. The van der Waals surface area contributed by atoms with Gasteiger partial charge in [0.2, 0.25) is 4.96 Å². The van der Waals surface area contributed by atoms with E-state index in [1.807, 2.05) is 6.92 Å². The topological polar surface area (TPSA) is 118 Å². The molecule has 0 N–H and O–H groups in total. The monoisotopic (exact) mass is 437 g/mol. The van der Waals surface area contributed by atoms with Gasteiger partial charge in [0, 0.05) is 26.2 Å². The molecule has 0 bridgehead atoms. The standard InChI is InChI=1S/C17H19N5O5S2/c1-3-13-19-22-16(24)14(11(2)18-17(22)28-13)29(25,26)21-8-6-20(7-9-21)15(23)12-5-4-10-27-12/h4-5,10H,3,6-9H2,1-2H3. The first-order chi connectivity index (χ1) is 13.8. The highest BCUT2D eigenvalue weighted by molar-refractivity contribution is 7.89. The molecule has 0 atom stereocenters. The largest absolute Gasteiger partial charge is 0.459 e. The molecule has 12 heteroatoms. The maximum absolute atomic E-state index is 13.2. The molecule has 1 aliphatic rings. The molecule has 10 nitrogen and oxygen atoms in total. The zero-order chi connectivity index (χ0) is 20.8. The number of nitrogens with zero attached hydrogens (tertiary/aromatic N) is 5. The fraction of sp³-hybridized carbons (Fsp3) is 0.412. The van der Waals surface area contributed by atoms with Crippen LogP contribution in [0, 0.1) is 6.92 Å². The first-order valence-electron chi connectivity index (χ1n) is 9.05. The maximum atomic E-state index is 13.2. The number of sulfonamides is 1. The van der Waals surface area contributed by atoms with Crippen molar-refractivity contribution in [3.8, 4) is 0 Å². The van der Waals surface area contributed by atoms with Crippen LogP contribution in [0.3, 0.4) is 0 Å². The van der Waals surface area contributed by atoms with Gasteiger partial charge in [-0.25, -0.2) is 13.4 Å². The molecule has 0 unspecified atom stereocenters. The normalized spacial score (nSPS) is 15.9. The third-order valence-electron chi connectivity index (χ3n) is 4.74. The van der Waals surface area contributed by atoms with Crippen molar-refractivity contribution in [3.05, 3.63) is 45.2 Å². The van der Waals surface area contributed by atoms with Crippen LogP contribution in [-0.4, -0.2) is 64.3 Å². The number of rotatable bonds is 4. The number of aryl methyl sites for hydroxylation is 2. The molecule has 0 aliphatic carbocycles. The first kappa shape index (κ1) is 19.7. The van der Waals surface area contributed by atoms with E-state index in [2.05, 4.69) is 10.1 Å². The summed E-state index contributed by atoms with van der Waals surface area (Å²) in [4.78, 5) is 31.1. The number of hydrogen-bond acceptors (Lipinski definition) is 8. The lowest BCUT2D eigenvalue weighted by Gasteiger charge is -2.33. The van der Waals surface area contributed by atoms with Gasteiger partial charge >= 0.3 is 0 Å². The van der Waals surface area contributed by atoms with Gasteiger partial charge in [-0.05, 0) is 25.5 Å². The van der Waals surface area contributed by atoms with Crippen molar-refractivity contribution in [2.75, 3.05) is 26.2 Å². The zero-order valence-electron chi connectivity index (χ0n) is 15.9. The summed E-state index contributed by atoms with van der Waals surface area (Å²) < 4.78 is 33.7. The molecule has 0 radical (unpaired) electrons. The van der Waals surface area contributed by atoms with Gasteiger partial charge in [0.1, 0.15) is 5.01 Å². The Bertz CT molecular complexity index is 1220. The summed E-state index contributed by atoms with van der Waals surface area (Å²) in [5, 5.41) is 4.87. The maximum Gasteiger partial charge on any atom is 0.295 e. The second-order valence-corrected chi connectivity index (χ2v) is 9.46. The van der Waals surface area contributed by atoms with Crippen LogP contribution in [0.15, 0.2) is 32.5 Å². The first-order valence-corrected chi connectivity index (χ1v) is 11.3. The fourth-order valence-corrected chi connectivity index (χ4v) is 5.73. The van der Waals surface area contributed by atoms with E-state index in [0.29, 0.717) is 16.4 Å². The van der Waals surface area contributed by atoms with Gasteiger partial charge in [-0.1, -0.05) is 18.3 Å². The van der Waals surface area contributed by atoms with Crippen LogP contribution in [-0.2, 0) is 16.4 Å². The van der Waals surface area contributed by atoms with Gasteiger partial charge in [0.05, 0.1) is 12.0 Å². The van der Waals surface area contributed by atoms with E-state index >= 15 is 0 Å². The molecule has 4 heterocycles. The molecule has 3 aromatic heterocycles. The lowest BCUT2D eigenvalue weighted by Crippen LogP contribution is -2.51. The third kappa shape index (κ3) is 3.36. The Kier molecular flexibility index (Phi) is 5.00. The van der Waals surface area contributed by atoms with E-state index in [-0.39, 0.29) is 48.4 Å². The molecule has 0 aromatic carbocycles. The predicted octanol–water partition coefficient (Wildman–Crippen LogP) is 0.762. The molecule has 29 heavy (non-hydrogen) atoms. The van der Waals surface area contributed by atoms with Crippen molar-refractivity contribution >= 4 is 32.2 Å². The highest BCUT2D eigenvalue weighted by Gasteiger charge is 2.35. The van der Waals surface area contributed by atoms with E-state index in [1.165, 1.54) is 33.7 Å². The van der Waals surface area contributed by atoms with Crippen molar-refractivity contribution < 1.29 is 17.6 Å². The van der Waals surface area contributed by atoms with Crippen LogP contribution in [0.5, 0.6) is 0 Å². The van der Waals surface area contributed by atoms with Gasteiger partial charge in [-0.15, -0.1) is 0 Å². The molecule has 1 fully saturated rings. The van der Waals surface area contributed by atoms with Crippen LogP contribution in [0.2, 0.25) is 0 Å². The van der Waals surface area contributed by atoms with E-state index in [0.717, 1.165) is 4.52 Å². The molecule has 0 spiro atoms. The molecule has 1 saturated heterocycles. The highest BCUT2D eigenvalue weighted by Crippen LogP contribution is 2.20. The summed E-state index contributed by atoms with van der Waals surface area (Å²) in [6, 6.07) is 3.19. The number of piperazine rings is 1. The average Bonchev–Trinajstić information content (AvgIpc) is 3.37. The van der Waals surface area contributed by atoms with Gasteiger partial charge in [-0.3, -0.25) is 9.59 Å². The number of fused-ring (bicyclic) bond motifs is 1. The van der Waals surface area contributed by atoms with Crippen LogP contribution >= 0.6 is 11.3 Å². The van der Waals surface area contributed by atoms with E-state index < -0.39 is 15.6 Å². The second kappa shape index (κ2) is 7.35. The summed E-state index contributed by atoms with van der Waals surface area (Å²) in [6.07, 6.45) is 2.04. The number of aromatic nitrogens is 3. The summed E-state index contributed by atoms with van der Waals surface area (Å²) in [5.74, 6) is -0.0822. The lowest BCUT2D eigenvalue weighted by atomic mass is 10.3. The van der Waals surface area contributed by atoms with Gasteiger partial charge in [-0.2, -0.15) is 13.9 Å². The Hall–Kier alpha value is -2.57. The van der Waals surface area contributed by atoms with Crippen molar-refractivity contribution in [2.24, 2.45) is 0 Å². The van der Waals surface area contributed by atoms with Crippen LogP contribution in [0.4, 0.5) is 0 Å². The summed E-state index contributed by atoms with van der Waals surface area (Å²) in [7, 11) is -4.07. The smallest absolute Gasteiger partial charge is 0.295 e. The molecule has 1 amide bonds. The van der Waals surface area contributed by atoms with Crippen molar-refractivity contribution in [2.45, 2.75) is 25.2 Å². The lowest BCUT2D eigenvalue weighted by molar-refractivity contribution is 0.0666. The molecule has 0 saturated carbocycles. The van der Waals surface area contributed by atoms with Gasteiger partial charge in [0.15, 0.2) is 10.7 Å². The SMILES string of the molecule is CCc1nn2c(=O)c(S(=O)(=O)N3CCN(C(=O)c4ccco4)CC3)c(C)nc2s1. The molecule has 3 aromatic rings. The number of hydrogen-bond donors (Lipinski definition) is 0. The van der Waals surface area contributed by atoms with E-state index in [4.69, 9.17) is 4.42 Å². The Morgan fingerprint density at radius 1 is 1.28 bits per heavy atom. The summed E-state index contributed by atoms with van der Waals surface area (Å²) in [5.41, 5.74) is -0.548. The zero-order valence-corrected chi connectivity index (χ0v) is 17.5. The van der Waals surface area contributed by atoms with Crippen LogP contribution in [0.25, 0.3) is 4.96 Å². The Morgan fingerprint density at radius 3 is 2.62 bits per heavy atom. The number of carbonyl (C=O) groups excluding carboxylic acids is 1. The van der Waals surface area contributed by atoms with Gasteiger partial charge in [0.25, 0.3) is 21.5 Å². The molecule has 154 valence electrons. The Labute approximate surface area is 170 Å². The minimum Gasteiger partial charge on any atom is -0.459 e. The van der Waals surface area contributed by atoms with Crippen molar-refractivity contribution in [3.63, 3.8) is 0 Å². The quantitative estimate of drug-likeness (QED) is 0.591. The minimum absolute atomic E-state index is 0.0770. The molecular weight excluding hydrogens is 418 g/mol. The third-order valence-corrected chi connectivity index (χ3v) is 7.82. The highest BCUT2D eigenvalue weighted by atomic mass is 32.2. The summed E-state index contributed by atoms with van der Waals surface area (Å²) >= 11 is 1.26. The predicted molar refractivity (Wildman–Crippen MR) is 105 cm³/mol. The fourth-order valence-electron chi connectivity index (χ4n) is 3.23. The van der Waals surface area contributed by atoms with Crippen molar-refractivity contribution in [1.29, 1.82) is 0 Å². The average molecular weight is 438 g/mol. The van der Waals surface area contributed by atoms with Gasteiger partial charge < -0.3 is 9.32 Å². The molecular formula is C17H19N5O5S2. The second-order valence-electron chi connectivity index (χ2n) is 6.55. The van der Waals surface area contributed by atoms with Crippen LogP contribution < -0.4 is 5.56 Å². The molecule has 4 rings (SSSR count). The van der Waals surface area contributed by atoms with E-state index in [9.17, 15) is 18.0 Å². The van der Waals surface area contributed by atoms with Crippen LogP contribution in [0.1, 0.15) is 28.2 Å². The molecule has 1 aliphatic heterocycles. The number of carbonyl (C=O) groups is 1. The van der Waals surface area contributed by atoms with Crippen molar-refractivity contribution in [1.82, 2.24) is 23.8 Å². The number of furan rings is 1. The summed E-state index contributed by atoms with van der Waals surface area (Å²) in [6.45, 7) is 3.96. The van der Waals surface area contributed by atoms with E-state index in [1.54, 1.807) is 12.1 Å². The Balaban J connectivity index is 1.61.